The third-order valence-corrected chi connectivity index (χ3v) is 5.71. The molecule has 0 saturated carbocycles. The van der Waals surface area contributed by atoms with E-state index in [0.29, 0.717) is 6.04 Å². The number of nitrogens with one attached hydrogen (secondary N) is 1. The minimum absolute atomic E-state index is 0.335. The van der Waals surface area contributed by atoms with Gasteiger partial charge in [-0.3, -0.25) is 0 Å². The molecule has 1 aliphatic heterocycles. The summed E-state index contributed by atoms with van der Waals surface area (Å²) in [5.74, 6) is 1.07. The maximum absolute atomic E-state index is 5.76. The summed E-state index contributed by atoms with van der Waals surface area (Å²) in [6.45, 7) is 3.81. The molecule has 0 fully saturated rings. The Kier molecular flexibility index (Phi) is 4.50. The Morgan fingerprint density at radius 3 is 2.95 bits per heavy atom. The highest BCUT2D eigenvalue weighted by Crippen LogP contribution is 2.33. The van der Waals surface area contributed by atoms with Crippen molar-refractivity contribution >= 4 is 43.2 Å². The molecule has 0 saturated heterocycles. The lowest BCUT2D eigenvalue weighted by molar-refractivity contribution is 0.351. The van der Waals surface area contributed by atoms with Gasteiger partial charge in [0.05, 0.1) is 10.4 Å². The number of thiophene rings is 1. The van der Waals surface area contributed by atoms with E-state index in [9.17, 15) is 0 Å². The van der Waals surface area contributed by atoms with Crippen LogP contribution in [0.2, 0.25) is 0 Å². The lowest BCUT2D eigenvalue weighted by Crippen LogP contribution is -2.17. The number of hydrogen-bond donors (Lipinski definition) is 1. The van der Waals surface area contributed by atoms with Crippen molar-refractivity contribution in [2.75, 3.05) is 6.61 Å². The van der Waals surface area contributed by atoms with Crippen LogP contribution in [0.4, 0.5) is 0 Å². The van der Waals surface area contributed by atoms with Crippen molar-refractivity contribution in [1.29, 1.82) is 0 Å². The van der Waals surface area contributed by atoms with E-state index in [1.807, 2.05) is 0 Å². The van der Waals surface area contributed by atoms with Crippen molar-refractivity contribution in [2.24, 2.45) is 0 Å². The van der Waals surface area contributed by atoms with E-state index < -0.39 is 0 Å². The number of ether oxygens (including phenoxy) is 1. The lowest BCUT2D eigenvalue weighted by Gasteiger charge is -2.14. The van der Waals surface area contributed by atoms with Crippen LogP contribution in [0.3, 0.4) is 0 Å². The molecule has 1 atom stereocenters. The summed E-state index contributed by atoms with van der Waals surface area (Å²) in [4.78, 5) is 1.34. The van der Waals surface area contributed by atoms with E-state index in [0.717, 1.165) is 29.8 Å². The van der Waals surface area contributed by atoms with Gasteiger partial charge >= 0.3 is 0 Å². The van der Waals surface area contributed by atoms with Gasteiger partial charge in [0.2, 0.25) is 0 Å². The van der Waals surface area contributed by atoms with E-state index in [4.69, 9.17) is 4.74 Å². The molecule has 2 nitrogen and oxygen atoms in total. The van der Waals surface area contributed by atoms with Gasteiger partial charge in [0.25, 0.3) is 0 Å². The van der Waals surface area contributed by atoms with Crippen LogP contribution in [-0.2, 0) is 13.0 Å². The zero-order valence-electron chi connectivity index (χ0n) is 11.1. The first-order valence-corrected chi connectivity index (χ1v) is 8.96. The summed E-state index contributed by atoms with van der Waals surface area (Å²) >= 11 is 8.87. The Hall–Kier alpha value is -0.360. The van der Waals surface area contributed by atoms with Gasteiger partial charge in [-0.25, -0.2) is 0 Å². The van der Waals surface area contributed by atoms with Crippen molar-refractivity contribution < 1.29 is 4.74 Å². The highest BCUT2D eigenvalue weighted by atomic mass is 79.9. The maximum Gasteiger partial charge on any atom is 0.127 e. The van der Waals surface area contributed by atoms with Crippen LogP contribution in [0.5, 0.6) is 5.75 Å². The molecule has 106 valence electrons. The zero-order valence-corrected chi connectivity index (χ0v) is 15.1. The summed E-state index contributed by atoms with van der Waals surface area (Å²) in [7, 11) is 0. The van der Waals surface area contributed by atoms with Crippen molar-refractivity contribution in [2.45, 2.75) is 25.9 Å². The number of benzene rings is 1. The SMILES string of the molecule is CC(NCc1cc(Br)cc2c1OCC2)c1ccc(Br)s1. The summed E-state index contributed by atoms with van der Waals surface area (Å²) in [5, 5.41) is 3.57. The molecule has 1 aliphatic rings. The third kappa shape index (κ3) is 3.11. The van der Waals surface area contributed by atoms with E-state index in [2.05, 4.69) is 68.4 Å². The zero-order chi connectivity index (χ0) is 14.1. The molecule has 1 unspecified atom stereocenters. The Balaban J connectivity index is 1.73. The van der Waals surface area contributed by atoms with Gasteiger partial charge in [0.15, 0.2) is 0 Å². The van der Waals surface area contributed by atoms with Crippen molar-refractivity contribution in [1.82, 2.24) is 5.32 Å². The van der Waals surface area contributed by atoms with Crippen LogP contribution in [0.15, 0.2) is 32.5 Å². The standard InChI is InChI=1S/C15H15Br2NOS/c1-9(13-2-3-14(17)20-13)18-8-11-7-12(16)6-10-4-5-19-15(10)11/h2-3,6-7,9,18H,4-5,8H2,1H3. The first kappa shape index (κ1) is 14.6. The molecule has 1 aromatic carbocycles. The monoisotopic (exact) mass is 415 g/mol. The summed E-state index contributed by atoms with van der Waals surface area (Å²) in [6.07, 6.45) is 1.01. The minimum atomic E-state index is 0.335. The maximum atomic E-state index is 5.76. The average Bonchev–Trinajstić information content (AvgIpc) is 3.03. The molecule has 2 heterocycles. The first-order valence-electron chi connectivity index (χ1n) is 6.56. The number of fused-ring (bicyclic) bond motifs is 1. The molecule has 3 rings (SSSR count). The molecule has 20 heavy (non-hydrogen) atoms. The molecule has 0 spiro atoms. The average molecular weight is 417 g/mol. The van der Waals surface area contributed by atoms with E-state index in [1.165, 1.54) is 19.8 Å². The highest BCUT2D eigenvalue weighted by Gasteiger charge is 2.18. The Morgan fingerprint density at radius 1 is 1.35 bits per heavy atom. The second-order valence-electron chi connectivity index (χ2n) is 4.90. The fourth-order valence-electron chi connectivity index (χ4n) is 2.40. The molecule has 2 aromatic rings. The predicted octanol–water partition coefficient (Wildman–Crippen LogP) is 5.06. The predicted molar refractivity (Wildman–Crippen MR) is 90.6 cm³/mol. The minimum Gasteiger partial charge on any atom is -0.493 e. The van der Waals surface area contributed by atoms with Gasteiger partial charge in [-0.1, -0.05) is 15.9 Å². The largest absolute Gasteiger partial charge is 0.493 e. The van der Waals surface area contributed by atoms with Crippen LogP contribution >= 0.6 is 43.2 Å². The summed E-state index contributed by atoms with van der Waals surface area (Å²) < 4.78 is 8.06. The quantitative estimate of drug-likeness (QED) is 0.751. The molecular weight excluding hydrogens is 402 g/mol. The van der Waals surface area contributed by atoms with Crippen LogP contribution in [0, 0.1) is 0 Å². The van der Waals surface area contributed by atoms with Crippen LogP contribution < -0.4 is 10.1 Å². The summed E-state index contributed by atoms with van der Waals surface area (Å²) in [6, 6.07) is 8.90. The smallest absolute Gasteiger partial charge is 0.127 e. The van der Waals surface area contributed by atoms with Gasteiger partial charge in [-0.15, -0.1) is 11.3 Å². The number of halogens is 2. The van der Waals surface area contributed by atoms with Crippen LogP contribution in [0.25, 0.3) is 0 Å². The highest BCUT2D eigenvalue weighted by molar-refractivity contribution is 9.11. The fraction of sp³-hybridized carbons (Fsp3) is 0.333. The van der Waals surface area contributed by atoms with Gasteiger partial charge < -0.3 is 10.1 Å². The molecule has 1 aromatic heterocycles. The van der Waals surface area contributed by atoms with Crippen LogP contribution in [0.1, 0.15) is 29.0 Å². The number of rotatable bonds is 4. The molecule has 0 bridgehead atoms. The van der Waals surface area contributed by atoms with E-state index in [1.54, 1.807) is 11.3 Å². The fourth-order valence-corrected chi connectivity index (χ4v) is 4.40. The van der Waals surface area contributed by atoms with E-state index in [-0.39, 0.29) is 0 Å². The molecule has 0 radical (unpaired) electrons. The topological polar surface area (TPSA) is 21.3 Å². The lowest BCUT2D eigenvalue weighted by atomic mass is 10.1. The van der Waals surface area contributed by atoms with Crippen molar-refractivity contribution in [3.8, 4) is 5.75 Å². The second kappa shape index (κ2) is 6.18. The van der Waals surface area contributed by atoms with Crippen molar-refractivity contribution in [3.63, 3.8) is 0 Å². The summed E-state index contributed by atoms with van der Waals surface area (Å²) in [5.41, 5.74) is 2.54. The first-order chi connectivity index (χ1) is 9.63. The van der Waals surface area contributed by atoms with Gasteiger partial charge in [0, 0.05) is 33.9 Å². The number of hydrogen-bond acceptors (Lipinski definition) is 3. The molecule has 1 N–H and O–H groups in total. The molecule has 5 heteroatoms. The molecule has 0 amide bonds. The van der Waals surface area contributed by atoms with Gasteiger partial charge in [-0.2, -0.15) is 0 Å². The van der Waals surface area contributed by atoms with Gasteiger partial charge in [-0.05, 0) is 52.7 Å². The Bertz CT molecular complexity index is 626. The second-order valence-corrected chi connectivity index (χ2v) is 8.31. The van der Waals surface area contributed by atoms with Gasteiger partial charge in [0.1, 0.15) is 5.75 Å². The van der Waals surface area contributed by atoms with E-state index >= 15 is 0 Å². The third-order valence-electron chi connectivity index (χ3n) is 3.44. The normalized spacial score (nSPS) is 14.9. The molecule has 0 aliphatic carbocycles. The van der Waals surface area contributed by atoms with Crippen LogP contribution in [-0.4, -0.2) is 6.61 Å². The Labute approximate surface area is 139 Å². The van der Waals surface area contributed by atoms with Crippen molar-refractivity contribution in [3.05, 3.63) is 48.5 Å². The Morgan fingerprint density at radius 2 is 2.20 bits per heavy atom. The molecular formula is C15H15Br2NOS.